The number of methoxy groups -OCH3 is 1. The van der Waals surface area contributed by atoms with E-state index in [-0.39, 0.29) is 29.4 Å². The smallest absolute Gasteiger partial charge is 0.347 e. The van der Waals surface area contributed by atoms with E-state index in [1.165, 1.54) is 32.2 Å². The minimum atomic E-state index is -0.776. The van der Waals surface area contributed by atoms with E-state index in [0.717, 1.165) is 0 Å². The number of phenols is 1. The van der Waals surface area contributed by atoms with Crippen LogP contribution in [-0.4, -0.2) is 42.5 Å². The Morgan fingerprint density at radius 2 is 2.03 bits per heavy atom. The van der Waals surface area contributed by atoms with Crippen LogP contribution in [0.5, 0.6) is 5.75 Å². The predicted octanol–water partition coefficient (Wildman–Crippen LogP) is 0.386. The molecule has 156 valence electrons. The van der Waals surface area contributed by atoms with E-state index < -0.39 is 23.4 Å². The van der Waals surface area contributed by atoms with Crippen LogP contribution in [-0.2, 0) is 16.1 Å². The molecular weight excluding hydrogens is 380 g/mol. The van der Waals surface area contributed by atoms with Crippen molar-refractivity contribution >= 4 is 28.7 Å². The molecule has 1 heterocycles. The number of Topliss-reactive ketones (excluding diaryl/α,β-unsaturated/α-hetero) is 1. The molecule has 0 bridgehead atoms. The lowest BCUT2D eigenvalue weighted by Gasteiger charge is -2.17. The van der Waals surface area contributed by atoms with E-state index in [9.17, 15) is 19.5 Å². The topological polar surface area (TPSA) is 170 Å². The highest BCUT2D eigenvalue weighted by molar-refractivity contribution is 5.97. The van der Waals surface area contributed by atoms with Crippen LogP contribution in [0.3, 0.4) is 0 Å². The molecule has 0 aliphatic heterocycles. The number of carbonyl (C=O) groups is 2. The lowest BCUT2D eigenvalue weighted by atomic mass is 10.0. The van der Waals surface area contributed by atoms with Crippen LogP contribution in [0.25, 0.3) is 11.0 Å². The first kappa shape index (κ1) is 21.9. The van der Waals surface area contributed by atoms with Gasteiger partial charge in [-0.15, -0.1) is 0 Å². The van der Waals surface area contributed by atoms with Gasteiger partial charge in [-0.2, -0.15) is 0 Å². The summed E-state index contributed by atoms with van der Waals surface area (Å²) in [4.78, 5) is 39.5. The van der Waals surface area contributed by atoms with Gasteiger partial charge in [0.05, 0.1) is 7.11 Å². The van der Waals surface area contributed by atoms with Gasteiger partial charge in [-0.1, -0.05) is 0 Å². The maximum absolute atomic E-state index is 12.1. The molecule has 0 fully saturated rings. The number of guanidine groups is 1. The SMILES string of the molecule is COC(=O)C(CCCN=C(N)N)NCc1cc(O)cc2oc(=O)c(C(C)=O)cc12. The molecular formula is C19H24N4O6. The summed E-state index contributed by atoms with van der Waals surface area (Å²) >= 11 is 0. The fraction of sp³-hybridized carbons (Fsp3) is 0.368. The van der Waals surface area contributed by atoms with Crippen LogP contribution < -0.4 is 22.4 Å². The van der Waals surface area contributed by atoms with E-state index in [1.807, 2.05) is 0 Å². The largest absolute Gasteiger partial charge is 0.508 e. The number of hydrogen-bond acceptors (Lipinski definition) is 8. The molecule has 0 aliphatic rings. The van der Waals surface area contributed by atoms with Gasteiger partial charge >= 0.3 is 11.6 Å². The molecule has 0 saturated carbocycles. The van der Waals surface area contributed by atoms with Crippen molar-refractivity contribution in [3.05, 3.63) is 39.7 Å². The highest BCUT2D eigenvalue weighted by Gasteiger charge is 2.19. The van der Waals surface area contributed by atoms with Crippen molar-refractivity contribution in [3.63, 3.8) is 0 Å². The Balaban J connectivity index is 2.27. The van der Waals surface area contributed by atoms with Crippen LogP contribution in [0.1, 0.15) is 35.7 Å². The molecule has 1 unspecified atom stereocenters. The number of nitrogens with one attached hydrogen (secondary N) is 1. The number of nitrogens with two attached hydrogens (primary N) is 2. The van der Waals surface area contributed by atoms with Crippen LogP contribution in [0.4, 0.5) is 0 Å². The van der Waals surface area contributed by atoms with Gasteiger partial charge in [-0.3, -0.25) is 14.6 Å². The molecule has 10 heteroatoms. The van der Waals surface area contributed by atoms with Crippen LogP contribution in [0.15, 0.2) is 32.4 Å². The number of hydrogen-bond donors (Lipinski definition) is 4. The highest BCUT2D eigenvalue weighted by Crippen LogP contribution is 2.25. The summed E-state index contributed by atoms with van der Waals surface area (Å²) in [5.41, 5.74) is 10.4. The number of ketones is 1. The van der Waals surface area contributed by atoms with E-state index >= 15 is 0 Å². The third kappa shape index (κ3) is 5.79. The average molecular weight is 404 g/mol. The Morgan fingerprint density at radius 3 is 2.66 bits per heavy atom. The van der Waals surface area contributed by atoms with Crippen molar-refractivity contribution in [3.8, 4) is 5.75 Å². The van der Waals surface area contributed by atoms with Crippen molar-refractivity contribution in [1.82, 2.24) is 5.32 Å². The molecule has 10 nitrogen and oxygen atoms in total. The van der Waals surface area contributed by atoms with Gasteiger partial charge in [0.2, 0.25) is 0 Å². The lowest BCUT2D eigenvalue weighted by Crippen LogP contribution is -2.37. The second-order valence-electron chi connectivity index (χ2n) is 6.43. The molecule has 2 aromatic rings. The Hall–Kier alpha value is -3.40. The van der Waals surface area contributed by atoms with Crippen LogP contribution in [0, 0.1) is 0 Å². The Labute approximate surface area is 166 Å². The summed E-state index contributed by atoms with van der Waals surface area (Å²) in [6, 6.07) is 3.53. The van der Waals surface area contributed by atoms with Crippen molar-refractivity contribution < 1.29 is 23.8 Å². The number of aliphatic imine (C=N–C) groups is 1. The maximum Gasteiger partial charge on any atom is 0.347 e. The monoisotopic (exact) mass is 404 g/mol. The molecule has 0 spiro atoms. The van der Waals surface area contributed by atoms with Gasteiger partial charge in [0.25, 0.3) is 0 Å². The fourth-order valence-electron chi connectivity index (χ4n) is 2.85. The van der Waals surface area contributed by atoms with Gasteiger partial charge in [0, 0.05) is 24.5 Å². The van der Waals surface area contributed by atoms with Gasteiger partial charge in [-0.05, 0) is 37.5 Å². The van der Waals surface area contributed by atoms with E-state index in [0.29, 0.717) is 30.3 Å². The number of ether oxygens (including phenoxy) is 1. The third-order valence-electron chi connectivity index (χ3n) is 4.27. The number of benzene rings is 1. The minimum Gasteiger partial charge on any atom is -0.508 e. The first-order chi connectivity index (χ1) is 13.7. The van der Waals surface area contributed by atoms with Gasteiger partial charge < -0.3 is 31.0 Å². The average Bonchev–Trinajstić information content (AvgIpc) is 2.65. The minimum absolute atomic E-state index is 0.0263. The number of phenolic OH excluding ortho intramolecular Hbond substituents is 1. The normalized spacial score (nSPS) is 11.8. The third-order valence-corrected chi connectivity index (χ3v) is 4.27. The number of nitrogens with zero attached hydrogens (tertiary/aromatic N) is 1. The van der Waals surface area contributed by atoms with Crippen molar-refractivity contribution in [2.24, 2.45) is 16.5 Å². The Bertz CT molecular complexity index is 994. The zero-order valence-corrected chi connectivity index (χ0v) is 16.2. The number of rotatable bonds is 9. The fourth-order valence-corrected chi connectivity index (χ4v) is 2.85. The summed E-state index contributed by atoms with van der Waals surface area (Å²) in [6.07, 6.45) is 0.947. The molecule has 1 atom stereocenters. The first-order valence-corrected chi connectivity index (χ1v) is 8.90. The molecule has 0 aliphatic carbocycles. The summed E-state index contributed by atoms with van der Waals surface area (Å²) in [7, 11) is 1.28. The number of esters is 1. The molecule has 0 radical (unpaired) electrons. The number of fused-ring (bicyclic) bond motifs is 1. The quantitative estimate of drug-likeness (QED) is 0.115. The van der Waals surface area contributed by atoms with Crippen LogP contribution >= 0.6 is 0 Å². The maximum atomic E-state index is 12.1. The zero-order chi connectivity index (χ0) is 21.6. The standard InChI is InChI=1S/C19H24N4O6/c1-10(24)13-8-14-11(6-12(25)7-16(14)29-17(13)26)9-23-15(18(27)28-2)4-3-5-22-19(20)21/h6-8,15,23,25H,3-5,9H2,1-2H3,(H4,20,21,22). The molecule has 6 N–H and O–H groups in total. The van der Waals surface area contributed by atoms with E-state index in [4.69, 9.17) is 20.6 Å². The molecule has 29 heavy (non-hydrogen) atoms. The molecule has 0 amide bonds. The van der Waals surface area contributed by atoms with Gasteiger partial charge in [0.15, 0.2) is 11.7 Å². The Morgan fingerprint density at radius 1 is 1.31 bits per heavy atom. The number of aromatic hydroxyl groups is 1. The highest BCUT2D eigenvalue weighted by atomic mass is 16.5. The van der Waals surface area contributed by atoms with E-state index in [2.05, 4.69) is 10.3 Å². The number of carbonyl (C=O) groups excluding carboxylic acids is 2. The molecule has 1 aromatic heterocycles. The summed E-state index contributed by atoms with van der Waals surface area (Å²) in [6.45, 7) is 1.78. The Kier molecular flexibility index (Phi) is 7.32. The zero-order valence-electron chi connectivity index (χ0n) is 16.2. The van der Waals surface area contributed by atoms with E-state index in [1.54, 1.807) is 0 Å². The second kappa shape index (κ2) is 9.69. The van der Waals surface area contributed by atoms with Crippen LogP contribution in [0.2, 0.25) is 0 Å². The van der Waals surface area contributed by atoms with Crippen molar-refractivity contribution in [2.75, 3.05) is 13.7 Å². The predicted molar refractivity (Wildman–Crippen MR) is 107 cm³/mol. The summed E-state index contributed by atoms with van der Waals surface area (Å²) in [5, 5.41) is 13.5. The lowest BCUT2D eigenvalue weighted by molar-refractivity contribution is -0.143. The van der Waals surface area contributed by atoms with Gasteiger partial charge in [0.1, 0.15) is 22.9 Å². The summed E-state index contributed by atoms with van der Waals surface area (Å²) in [5.74, 6) is -1.04. The van der Waals surface area contributed by atoms with Gasteiger partial charge in [-0.25, -0.2) is 4.79 Å². The molecule has 1 aromatic carbocycles. The van der Waals surface area contributed by atoms with Crippen molar-refractivity contribution in [2.45, 2.75) is 32.4 Å². The second-order valence-corrected chi connectivity index (χ2v) is 6.43. The molecule has 2 rings (SSSR count). The summed E-state index contributed by atoms with van der Waals surface area (Å²) < 4.78 is 9.97. The molecule has 0 saturated heterocycles. The van der Waals surface area contributed by atoms with Crippen molar-refractivity contribution in [1.29, 1.82) is 0 Å². The first-order valence-electron chi connectivity index (χ1n) is 8.90.